The first kappa shape index (κ1) is 23.8. The molecule has 0 aromatic heterocycles. The number of carbonyl (C=O) groups is 3. The average Bonchev–Trinajstić information content (AvgIpc) is 3.38. The molecule has 180 valence electrons. The average molecular weight is 467 g/mol. The maximum absolute atomic E-state index is 13.0. The number of carboxylic acids is 1. The number of hydrogen-bond acceptors (Lipinski definition) is 5. The molecule has 3 atom stereocenters. The van der Waals surface area contributed by atoms with Crippen molar-refractivity contribution in [2.45, 2.75) is 51.3 Å². The Kier molecular flexibility index (Phi) is 6.61. The molecule has 8 nitrogen and oxygen atoms in total. The first-order chi connectivity index (χ1) is 16.2. The summed E-state index contributed by atoms with van der Waals surface area (Å²) in [6.45, 7) is 5.85. The lowest BCUT2D eigenvalue weighted by atomic mass is 9.86. The number of ether oxygens (including phenoxy) is 2. The SMILES string of the molecule is CC(C)(C)C(NC(=O)OCC1c2ccccc2-c2ccccc21)C(=O)N[C@H]1CCO[C@H]1C(=O)O. The van der Waals surface area contributed by atoms with Crippen LogP contribution >= 0.6 is 0 Å². The Morgan fingerprint density at radius 1 is 1.06 bits per heavy atom. The second kappa shape index (κ2) is 9.46. The van der Waals surface area contributed by atoms with Crippen LogP contribution in [0.25, 0.3) is 11.1 Å². The molecule has 0 spiro atoms. The van der Waals surface area contributed by atoms with E-state index in [9.17, 15) is 19.5 Å². The van der Waals surface area contributed by atoms with E-state index in [0.717, 1.165) is 22.3 Å². The predicted molar refractivity (Wildman–Crippen MR) is 125 cm³/mol. The molecule has 1 heterocycles. The quantitative estimate of drug-likeness (QED) is 0.602. The molecule has 1 saturated heterocycles. The molecule has 2 aromatic rings. The van der Waals surface area contributed by atoms with Gasteiger partial charge in [-0.1, -0.05) is 69.3 Å². The van der Waals surface area contributed by atoms with Crippen molar-refractivity contribution < 1.29 is 29.0 Å². The number of amides is 2. The third-order valence-corrected chi connectivity index (χ3v) is 6.40. The first-order valence-corrected chi connectivity index (χ1v) is 11.4. The standard InChI is InChI=1S/C26H30N2O6/c1-26(2,3)22(23(29)27-20-12-13-33-21(20)24(30)31)28-25(32)34-14-19-17-10-6-4-8-15(17)16-9-5-7-11-18(16)19/h4-11,19-22H,12-14H2,1-3H3,(H,27,29)(H,28,32)(H,30,31)/t20-,21+,22?/m0/s1. The molecule has 2 amide bonds. The van der Waals surface area contributed by atoms with Crippen LogP contribution < -0.4 is 10.6 Å². The number of rotatable bonds is 6. The van der Waals surface area contributed by atoms with Crippen LogP contribution in [0.15, 0.2) is 48.5 Å². The van der Waals surface area contributed by atoms with Gasteiger partial charge in [-0.15, -0.1) is 0 Å². The van der Waals surface area contributed by atoms with E-state index in [1.807, 2.05) is 57.2 Å². The second-order valence-corrected chi connectivity index (χ2v) is 9.80. The maximum atomic E-state index is 13.0. The van der Waals surface area contributed by atoms with Crippen LogP contribution in [0.3, 0.4) is 0 Å². The Labute approximate surface area is 198 Å². The van der Waals surface area contributed by atoms with E-state index in [0.29, 0.717) is 6.42 Å². The van der Waals surface area contributed by atoms with Crippen LogP contribution in [-0.4, -0.2) is 54.5 Å². The van der Waals surface area contributed by atoms with Crippen molar-refractivity contribution >= 4 is 18.0 Å². The summed E-state index contributed by atoms with van der Waals surface area (Å²) in [7, 11) is 0. The third kappa shape index (κ3) is 4.77. The molecule has 2 aromatic carbocycles. The van der Waals surface area contributed by atoms with Crippen LogP contribution in [0.1, 0.15) is 44.2 Å². The molecule has 8 heteroatoms. The monoisotopic (exact) mass is 466 g/mol. The van der Waals surface area contributed by atoms with Crippen molar-refractivity contribution in [2.75, 3.05) is 13.2 Å². The fraction of sp³-hybridized carbons (Fsp3) is 0.423. The summed E-state index contributed by atoms with van der Waals surface area (Å²) in [4.78, 5) is 37.1. The van der Waals surface area contributed by atoms with E-state index in [1.165, 1.54) is 0 Å². The van der Waals surface area contributed by atoms with Crippen molar-refractivity contribution in [3.63, 3.8) is 0 Å². The van der Waals surface area contributed by atoms with Gasteiger partial charge in [-0.2, -0.15) is 0 Å². The summed E-state index contributed by atoms with van der Waals surface area (Å²) in [5.41, 5.74) is 3.83. The second-order valence-electron chi connectivity index (χ2n) is 9.80. The largest absolute Gasteiger partial charge is 0.479 e. The Morgan fingerprint density at radius 3 is 2.21 bits per heavy atom. The van der Waals surface area contributed by atoms with Gasteiger partial charge in [-0.3, -0.25) is 4.79 Å². The Hall–Kier alpha value is -3.39. The number of alkyl carbamates (subject to hydrolysis) is 1. The van der Waals surface area contributed by atoms with E-state index in [1.54, 1.807) is 0 Å². The summed E-state index contributed by atoms with van der Waals surface area (Å²) < 4.78 is 10.8. The lowest BCUT2D eigenvalue weighted by Gasteiger charge is -2.31. The lowest BCUT2D eigenvalue weighted by molar-refractivity contribution is -0.148. The number of nitrogens with one attached hydrogen (secondary N) is 2. The fourth-order valence-corrected chi connectivity index (χ4v) is 4.68. The van der Waals surface area contributed by atoms with Crippen molar-refractivity contribution in [3.8, 4) is 11.1 Å². The minimum atomic E-state index is -1.13. The summed E-state index contributed by atoms with van der Waals surface area (Å²) >= 11 is 0. The minimum Gasteiger partial charge on any atom is -0.479 e. The smallest absolute Gasteiger partial charge is 0.407 e. The van der Waals surface area contributed by atoms with E-state index >= 15 is 0 Å². The van der Waals surface area contributed by atoms with Gasteiger partial charge in [0.1, 0.15) is 12.6 Å². The molecule has 1 aliphatic carbocycles. The Bertz CT molecular complexity index is 1050. The predicted octanol–water partition coefficient (Wildman–Crippen LogP) is 3.30. The highest BCUT2D eigenvalue weighted by molar-refractivity contribution is 5.87. The minimum absolute atomic E-state index is 0.0907. The van der Waals surface area contributed by atoms with Crippen molar-refractivity contribution in [3.05, 3.63) is 59.7 Å². The van der Waals surface area contributed by atoms with Gasteiger partial charge in [0.25, 0.3) is 0 Å². The molecule has 0 saturated carbocycles. The van der Waals surface area contributed by atoms with Crippen molar-refractivity contribution in [2.24, 2.45) is 5.41 Å². The van der Waals surface area contributed by atoms with E-state index in [4.69, 9.17) is 9.47 Å². The molecule has 0 radical (unpaired) electrons. The molecule has 0 bridgehead atoms. The maximum Gasteiger partial charge on any atom is 0.407 e. The van der Waals surface area contributed by atoms with E-state index < -0.39 is 41.6 Å². The molecule has 2 aliphatic rings. The van der Waals surface area contributed by atoms with Crippen LogP contribution in [0.5, 0.6) is 0 Å². The molecule has 3 N–H and O–H groups in total. The van der Waals surface area contributed by atoms with Crippen molar-refractivity contribution in [1.29, 1.82) is 0 Å². The highest BCUT2D eigenvalue weighted by Crippen LogP contribution is 2.44. The lowest BCUT2D eigenvalue weighted by Crippen LogP contribution is -2.57. The van der Waals surface area contributed by atoms with E-state index in [2.05, 4.69) is 22.8 Å². The molecule has 1 fully saturated rings. The van der Waals surface area contributed by atoms with Gasteiger partial charge < -0.3 is 25.2 Å². The number of carbonyl (C=O) groups excluding carboxylic acids is 2. The van der Waals surface area contributed by atoms with Gasteiger partial charge in [0.05, 0.1) is 6.04 Å². The molecular weight excluding hydrogens is 436 g/mol. The highest BCUT2D eigenvalue weighted by atomic mass is 16.5. The van der Waals surface area contributed by atoms with Gasteiger partial charge in [0.2, 0.25) is 5.91 Å². The zero-order valence-electron chi connectivity index (χ0n) is 19.5. The molecule has 4 rings (SSSR count). The van der Waals surface area contributed by atoms with Gasteiger partial charge in [0, 0.05) is 12.5 Å². The van der Waals surface area contributed by atoms with Gasteiger partial charge in [0.15, 0.2) is 6.10 Å². The highest BCUT2D eigenvalue weighted by Gasteiger charge is 2.40. The summed E-state index contributed by atoms with van der Waals surface area (Å²) in [6, 6.07) is 14.5. The number of fused-ring (bicyclic) bond motifs is 3. The first-order valence-electron chi connectivity index (χ1n) is 11.4. The summed E-state index contributed by atoms with van der Waals surface area (Å²) in [5, 5.41) is 14.7. The number of aliphatic carboxylic acids is 1. The number of hydrogen-bond donors (Lipinski definition) is 3. The topological polar surface area (TPSA) is 114 Å². The normalized spacial score (nSPS) is 20.2. The van der Waals surface area contributed by atoms with Crippen LogP contribution in [0.4, 0.5) is 4.79 Å². The van der Waals surface area contributed by atoms with Crippen LogP contribution in [0, 0.1) is 5.41 Å². The summed E-state index contributed by atoms with van der Waals surface area (Å²) in [6.07, 6.45) is -1.40. The van der Waals surface area contributed by atoms with E-state index in [-0.39, 0.29) is 19.1 Å². The Balaban J connectivity index is 1.42. The van der Waals surface area contributed by atoms with Crippen LogP contribution in [0.2, 0.25) is 0 Å². The van der Waals surface area contributed by atoms with Gasteiger partial charge in [-0.05, 0) is 34.1 Å². The van der Waals surface area contributed by atoms with Gasteiger partial charge in [-0.25, -0.2) is 9.59 Å². The van der Waals surface area contributed by atoms with Crippen LogP contribution in [-0.2, 0) is 19.1 Å². The zero-order valence-corrected chi connectivity index (χ0v) is 19.5. The summed E-state index contributed by atoms with van der Waals surface area (Å²) in [5.74, 6) is -1.69. The zero-order chi connectivity index (χ0) is 24.5. The molecule has 1 unspecified atom stereocenters. The number of carboxylic acid groups (broad SMARTS) is 1. The van der Waals surface area contributed by atoms with Crippen molar-refractivity contribution in [1.82, 2.24) is 10.6 Å². The van der Waals surface area contributed by atoms with Gasteiger partial charge >= 0.3 is 12.1 Å². The third-order valence-electron chi connectivity index (χ3n) is 6.40. The molecular formula is C26H30N2O6. The molecule has 34 heavy (non-hydrogen) atoms. The Morgan fingerprint density at radius 2 is 1.65 bits per heavy atom. The molecule has 1 aliphatic heterocycles. The number of benzene rings is 2. The fourth-order valence-electron chi connectivity index (χ4n) is 4.68.